The van der Waals surface area contributed by atoms with Crippen LogP contribution in [-0.2, 0) is 19.2 Å². The summed E-state index contributed by atoms with van der Waals surface area (Å²) in [4.78, 5) is 53.1. The number of Topliss-reactive ketones (excluding diaryl/α,β-unsaturated/α-hetero) is 2. The molecule has 1 heterocycles. The lowest BCUT2D eigenvalue weighted by molar-refractivity contribution is -0.145. The average molecular weight is 445 g/mol. The lowest BCUT2D eigenvalue weighted by Crippen LogP contribution is -2.49. The van der Waals surface area contributed by atoms with Crippen LogP contribution in [-0.4, -0.2) is 40.9 Å². The Labute approximate surface area is 192 Å². The lowest BCUT2D eigenvalue weighted by atomic mass is 9.76. The van der Waals surface area contributed by atoms with Gasteiger partial charge in [-0.25, -0.2) is 0 Å². The summed E-state index contributed by atoms with van der Waals surface area (Å²) in [5.41, 5.74) is 5.36. The first-order valence-electron chi connectivity index (χ1n) is 12.8. The van der Waals surface area contributed by atoms with Crippen LogP contribution in [0.2, 0.25) is 0 Å². The molecule has 0 aromatic carbocycles. The van der Waals surface area contributed by atoms with Crippen molar-refractivity contribution in [2.45, 2.75) is 91.0 Å². The van der Waals surface area contributed by atoms with Gasteiger partial charge in [-0.1, -0.05) is 59.3 Å². The molecule has 0 spiro atoms. The predicted octanol–water partition coefficient (Wildman–Crippen LogP) is 3.51. The van der Waals surface area contributed by atoms with Crippen LogP contribution >= 0.6 is 0 Å². The highest BCUT2D eigenvalue weighted by molar-refractivity contribution is 6.36. The van der Waals surface area contributed by atoms with Crippen molar-refractivity contribution >= 4 is 23.4 Å². The number of nitrogens with zero attached hydrogens (tertiary/aromatic N) is 1. The summed E-state index contributed by atoms with van der Waals surface area (Å²) in [5.74, 6) is -0.917. The molecule has 4 aliphatic rings. The Morgan fingerprint density at radius 2 is 1.66 bits per heavy atom. The highest BCUT2D eigenvalue weighted by Gasteiger charge is 2.69. The number of likely N-dealkylation sites (tertiary alicyclic amines) is 1. The van der Waals surface area contributed by atoms with E-state index in [0.717, 1.165) is 32.1 Å². The summed E-state index contributed by atoms with van der Waals surface area (Å²) in [6.45, 7) is 7.02. The van der Waals surface area contributed by atoms with E-state index in [2.05, 4.69) is 13.8 Å². The van der Waals surface area contributed by atoms with Gasteiger partial charge in [0.05, 0.1) is 6.04 Å². The molecule has 5 atom stereocenters. The number of primary amides is 1. The molecule has 0 aromatic heterocycles. The Morgan fingerprint density at radius 3 is 2.22 bits per heavy atom. The lowest BCUT2D eigenvalue weighted by Gasteiger charge is -2.36. The van der Waals surface area contributed by atoms with Crippen LogP contribution < -0.4 is 5.73 Å². The standard InChI is InChI=1S/C26H40N2O4/c1-15(17-10-5-4-6-11-17)25(32)28-14-19-21(26(19,2)3)22(28)20(29)13-18(23(30)24(27)31)12-16-8-7-9-16/h15-19,21-22H,4-14H2,1-3H3,(H2,27,31)/t15-,18?,19?,21?,22+/m0/s1. The Kier molecular flexibility index (Phi) is 6.52. The van der Waals surface area contributed by atoms with Crippen molar-refractivity contribution in [1.29, 1.82) is 0 Å². The van der Waals surface area contributed by atoms with Crippen molar-refractivity contribution < 1.29 is 19.2 Å². The molecule has 2 N–H and O–H groups in total. The Balaban J connectivity index is 1.49. The minimum atomic E-state index is -0.947. The molecule has 6 nitrogen and oxygen atoms in total. The van der Waals surface area contributed by atoms with Gasteiger partial charge >= 0.3 is 0 Å². The van der Waals surface area contributed by atoms with Crippen LogP contribution in [0.3, 0.4) is 0 Å². The summed E-state index contributed by atoms with van der Waals surface area (Å²) in [5, 5.41) is 0. The fourth-order valence-corrected chi connectivity index (χ4v) is 6.96. The zero-order valence-electron chi connectivity index (χ0n) is 20.0. The topological polar surface area (TPSA) is 97.5 Å². The molecule has 1 saturated heterocycles. The number of hydrogen-bond acceptors (Lipinski definition) is 4. The molecule has 3 saturated carbocycles. The first-order chi connectivity index (χ1) is 15.1. The van der Waals surface area contributed by atoms with Gasteiger partial charge in [-0.15, -0.1) is 0 Å². The Hall–Kier alpha value is -1.72. The quantitative estimate of drug-likeness (QED) is 0.550. The maximum Gasteiger partial charge on any atom is 0.285 e. The van der Waals surface area contributed by atoms with Crippen molar-refractivity contribution in [1.82, 2.24) is 4.90 Å². The second kappa shape index (κ2) is 8.90. The van der Waals surface area contributed by atoms with Crippen LogP contribution in [0.1, 0.15) is 85.0 Å². The minimum Gasteiger partial charge on any atom is -0.363 e. The van der Waals surface area contributed by atoms with Crippen molar-refractivity contribution in [2.24, 2.45) is 46.7 Å². The van der Waals surface area contributed by atoms with Gasteiger partial charge in [-0.05, 0) is 48.3 Å². The third kappa shape index (κ3) is 4.26. The van der Waals surface area contributed by atoms with E-state index in [1.807, 2.05) is 11.8 Å². The van der Waals surface area contributed by atoms with Crippen molar-refractivity contribution in [3.8, 4) is 0 Å². The summed E-state index contributed by atoms with van der Waals surface area (Å²) in [6, 6.07) is -0.460. The second-order valence-corrected chi connectivity index (χ2v) is 11.7. The predicted molar refractivity (Wildman–Crippen MR) is 121 cm³/mol. The van der Waals surface area contributed by atoms with Gasteiger partial charge in [-0.2, -0.15) is 0 Å². The van der Waals surface area contributed by atoms with Gasteiger partial charge in [0.15, 0.2) is 5.78 Å². The third-order valence-corrected chi connectivity index (χ3v) is 9.47. The van der Waals surface area contributed by atoms with Gasteiger partial charge < -0.3 is 10.6 Å². The van der Waals surface area contributed by atoms with E-state index in [0.29, 0.717) is 30.7 Å². The highest BCUT2D eigenvalue weighted by atomic mass is 16.2. The van der Waals surface area contributed by atoms with Crippen LogP contribution in [0.15, 0.2) is 0 Å². The first-order valence-corrected chi connectivity index (χ1v) is 12.8. The number of carbonyl (C=O) groups excluding carboxylic acids is 4. The summed E-state index contributed by atoms with van der Waals surface area (Å²) in [7, 11) is 0. The average Bonchev–Trinajstić information content (AvgIpc) is 3.08. The zero-order chi connectivity index (χ0) is 23.2. The molecule has 32 heavy (non-hydrogen) atoms. The number of piperidine rings is 1. The van der Waals surface area contributed by atoms with Crippen LogP contribution in [0.4, 0.5) is 0 Å². The first kappa shape index (κ1) is 23.4. The number of amides is 2. The summed E-state index contributed by atoms with van der Waals surface area (Å²) in [6.07, 6.45) is 9.61. The Bertz CT molecular complexity index is 781. The van der Waals surface area contributed by atoms with E-state index in [9.17, 15) is 19.2 Å². The van der Waals surface area contributed by atoms with E-state index < -0.39 is 23.7 Å². The largest absolute Gasteiger partial charge is 0.363 e. The SMILES string of the molecule is C[C@H](C(=O)N1CC2C([C@H]1C(=O)CC(CC1CCC1)C(=O)C(N)=O)C2(C)C)C1CCCCC1. The number of carbonyl (C=O) groups is 4. The molecular formula is C26H40N2O4. The van der Waals surface area contributed by atoms with E-state index >= 15 is 0 Å². The Morgan fingerprint density at radius 1 is 1.00 bits per heavy atom. The molecule has 0 aromatic rings. The molecule has 6 heteroatoms. The third-order valence-electron chi connectivity index (χ3n) is 9.47. The molecule has 0 bridgehead atoms. The maximum atomic E-state index is 13.6. The van der Waals surface area contributed by atoms with Crippen molar-refractivity contribution in [3.05, 3.63) is 0 Å². The molecule has 0 radical (unpaired) electrons. The van der Waals surface area contributed by atoms with Crippen LogP contribution in [0, 0.1) is 40.9 Å². The van der Waals surface area contributed by atoms with Gasteiger partial charge in [0.2, 0.25) is 11.7 Å². The zero-order valence-corrected chi connectivity index (χ0v) is 20.0. The number of hydrogen-bond donors (Lipinski definition) is 1. The monoisotopic (exact) mass is 444 g/mol. The fraction of sp³-hybridized carbons (Fsp3) is 0.846. The number of fused-ring (bicyclic) bond motifs is 1. The number of ketones is 2. The normalized spacial score (nSPS) is 31.3. The van der Waals surface area contributed by atoms with Crippen molar-refractivity contribution in [2.75, 3.05) is 6.54 Å². The molecule has 4 fully saturated rings. The van der Waals surface area contributed by atoms with Crippen LogP contribution in [0.25, 0.3) is 0 Å². The van der Waals surface area contributed by atoms with Crippen LogP contribution in [0.5, 0.6) is 0 Å². The molecule has 1 aliphatic heterocycles. The smallest absolute Gasteiger partial charge is 0.285 e. The second-order valence-electron chi connectivity index (χ2n) is 11.7. The molecular weight excluding hydrogens is 404 g/mol. The molecule has 4 rings (SSSR count). The number of nitrogens with two attached hydrogens (primary N) is 1. The molecule has 2 amide bonds. The van der Waals surface area contributed by atoms with E-state index in [1.54, 1.807) is 0 Å². The van der Waals surface area contributed by atoms with Gasteiger partial charge in [-0.3, -0.25) is 19.2 Å². The fourth-order valence-electron chi connectivity index (χ4n) is 6.96. The number of rotatable bonds is 9. The molecule has 3 aliphatic carbocycles. The van der Waals surface area contributed by atoms with Gasteiger partial charge in [0.25, 0.3) is 5.91 Å². The van der Waals surface area contributed by atoms with E-state index in [4.69, 9.17) is 5.73 Å². The summed E-state index contributed by atoms with van der Waals surface area (Å²) >= 11 is 0. The van der Waals surface area contributed by atoms with Gasteiger partial charge in [0, 0.05) is 24.8 Å². The highest BCUT2D eigenvalue weighted by Crippen LogP contribution is 2.65. The van der Waals surface area contributed by atoms with E-state index in [1.165, 1.54) is 19.3 Å². The minimum absolute atomic E-state index is 0.0316. The van der Waals surface area contributed by atoms with E-state index in [-0.39, 0.29) is 35.4 Å². The van der Waals surface area contributed by atoms with Crippen molar-refractivity contribution in [3.63, 3.8) is 0 Å². The summed E-state index contributed by atoms with van der Waals surface area (Å²) < 4.78 is 0. The maximum absolute atomic E-state index is 13.6. The van der Waals surface area contributed by atoms with Gasteiger partial charge in [0.1, 0.15) is 0 Å². The molecule has 3 unspecified atom stereocenters. The molecule has 178 valence electrons.